The summed E-state index contributed by atoms with van der Waals surface area (Å²) >= 11 is 0. The van der Waals surface area contributed by atoms with Crippen LogP contribution in [0.3, 0.4) is 0 Å². The van der Waals surface area contributed by atoms with Crippen LogP contribution in [0, 0.1) is 13.8 Å². The lowest BCUT2D eigenvalue weighted by atomic mass is 10.1. The van der Waals surface area contributed by atoms with Crippen molar-refractivity contribution in [3.63, 3.8) is 0 Å². The van der Waals surface area contributed by atoms with Gasteiger partial charge in [-0.25, -0.2) is 15.0 Å². The van der Waals surface area contributed by atoms with Gasteiger partial charge in [-0.2, -0.15) is 0 Å². The molecule has 1 saturated heterocycles. The lowest BCUT2D eigenvalue weighted by Crippen LogP contribution is -2.39. The van der Waals surface area contributed by atoms with Crippen molar-refractivity contribution in [2.75, 3.05) is 29.9 Å². The number of nitrogens with one attached hydrogen (secondary N) is 1. The maximum absolute atomic E-state index is 5.95. The van der Waals surface area contributed by atoms with Crippen LogP contribution in [-0.4, -0.2) is 39.6 Å². The molecule has 1 N–H and O–H groups in total. The summed E-state index contributed by atoms with van der Waals surface area (Å²) in [4.78, 5) is 20.0. The predicted octanol–water partition coefficient (Wildman–Crippen LogP) is 3.20. The van der Waals surface area contributed by atoms with Gasteiger partial charge in [0, 0.05) is 24.5 Å². The van der Waals surface area contributed by atoms with E-state index in [0.717, 1.165) is 47.6 Å². The lowest BCUT2D eigenvalue weighted by Gasteiger charge is -2.33. The maximum atomic E-state index is 5.95. The summed E-state index contributed by atoms with van der Waals surface area (Å²) in [6, 6.07) is 11.8. The molecule has 7 nitrogen and oxygen atoms in total. The van der Waals surface area contributed by atoms with Crippen LogP contribution in [0.2, 0.25) is 0 Å². The predicted molar refractivity (Wildman–Crippen MR) is 104 cm³/mol. The molecule has 3 aromatic rings. The second-order valence-electron chi connectivity index (χ2n) is 6.53. The van der Waals surface area contributed by atoms with Gasteiger partial charge in [0.05, 0.1) is 30.7 Å². The third kappa shape index (κ3) is 4.20. The van der Waals surface area contributed by atoms with Crippen LogP contribution in [0.4, 0.5) is 17.3 Å². The molecule has 0 saturated carbocycles. The molecule has 138 valence electrons. The normalized spacial score (nSPS) is 17.0. The Balaban J connectivity index is 1.46. The van der Waals surface area contributed by atoms with E-state index in [1.807, 2.05) is 56.4 Å². The second-order valence-corrected chi connectivity index (χ2v) is 6.53. The fourth-order valence-electron chi connectivity index (χ4n) is 3.15. The maximum Gasteiger partial charge on any atom is 0.132 e. The van der Waals surface area contributed by atoms with Crippen molar-refractivity contribution in [2.45, 2.75) is 20.0 Å². The second kappa shape index (κ2) is 7.67. The third-order valence-electron chi connectivity index (χ3n) is 4.40. The molecule has 0 aliphatic carbocycles. The molecule has 3 aromatic heterocycles. The molecular weight excluding hydrogens is 340 g/mol. The zero-order valence-corrected chi connectivity index (χ0v) is 15.5. The highest BCUT2D eigenvalue weighted by atomic mass is 16.5. The fourth-order valence-corrected chi connectivity index (χ4v) is 3.15. The first-order chi connectivity index (χ1) is 13.2. The number of morpholine rings is 1. The monoisotopic (exact) mass is 362 g/mol. The molecule has 0 radical (unpaired) electrons. The molecule has 7 heteroatoms. The van der Waals surface area contributed by atoms with Gasteiger partial charge in [0.15, 0.2) is 0 Å². The Morgan fingerprint density at radius 3 is 2.78 bits per heavy atom. The topological polar surface area (TPSA) is 76.1 Å². The van der Waals surface area contributed by atoms with Crippen LogP contribution in [0.1, 0.15) is 23.3 Å². The van der Waals surface area contributed by atoms with Gasteiger partial charge in [-0.05, 0) is 38.1 Å². The standard InChI is InChI=1S/C20H22N6O/c1-14-11-20(24-15(2)23-14)26-9-10-27-18(13-26)17-7-6-16(12-22-17)25-19-5-3-4-8-21-19/h3-8,11-12,18H,9-10,13H2,1-2H3,(H,21,25). The Morgan fingerprint density at radius 2 is 2.04 bits per heavy atom. The minimum absolute atomic E-state index is 0.0850. The number of rotatable bonds is 4. The SMILES string of the molecule is Cc1cc(N2CCOC(c3ccc(Nc4ccccn4)cn3)C2)nc(C)n1. The molecule has 27 heavy (non-hydrogen) atoms. The summed E-state index contributed by atoms with van der Waals surface area (Å²) in [6.07, 6.45) is 3.48. The Morgan fingerprint density at radius 1 is 1.11 bits per heavy atom. The summed E-state index contributed by atoms with van der Waals surface area (Å²) in [6.45, 7) is 6.08. The number of hydrogen-bond donors (Lipinski definition) is 1. The number of aromatic nitrogens is 4. The number of hydrogen-bond acceptors (Lipinski definition) is 7. The minimum atomic E-state index is -0.0850. The first-order valence-electron chi connectivity index (χ1n) is 9.00. The van der Waals surface area contributed by atoms with E-state index in [2.05, 4.69) is 30.2 Å². The van der Waals surface area contributed by atoms with Crippen molar-refractivity contribution < 1.29 is 4.74 Å². The fraction of sp³-hybridized carbons (Fsp3) is 0.300. The van der Waals surface area contributed by atoms with Crippen molar-refractivity contribution in [1.82, 2.24) is 19.9 Å². The van der Waals surface area contributed by atoms with E-state index in [4.69, 9.17) is 4.74 Å². The van der Waals surface area contributed by atoms with E-state index in [1.54, 1.807) is 6.20 Å². The van der Waals surface area contributed by atoms with Gasteiger partial charge in [0.25, 0.3) is 0 Å². The molecule has 0 aromatic carbocycles. The Hall–Kier alpha value is -3.06. The number of pyridine rings is 2. The van der Waals surface area contributed by atoms with Gasteiger partial charge < -0.3 is 15.0 Å². The molecular formula is C20H22N6O. The molecule has 0 amide bonds. The molecule has 1 atom stereocenters. The number of anilines is 3. The summed E-state index contributed by atoms with van der Waals surface area (Å²) in [5.41, 5.74) is 2.78. The molecule has 4 rings (SSSR count). The van der Waals surface area contributed by atoms with Crippen molar-refractivity contribution in [3.05, 3.63) is 66.0 Å². The summed E-state index contributed by atoms with van der Waals surface area (Å²) in [5.74, 6) is 2.53. The zero-order chi connectivity index (χ0) is 18.6. The summed E-state index contributed by atoms with van der Waals surface area (Å²) in [5, 5.41) is 3.24. The molecule has 0 bridgehead atoms. The Labute approximate surface area is 158 Å². The van der Waals surface area contributed by atoms with Gasteiger partial charge >= 0.3 is 0 Å². The Kier molecular flexibility index (Phi) is 4.93. The molecule has 1 aliphatic heterocycles. The highest BCUT2D eigenvalue weighted by molar-refractivity contribution is 5.54. The van der Waals surface area contributed by atoms with Gasteiger partial charge in [-0.3, -0.25) is 4.98 Å². The van der Waals surface area contributed by atoms with Crippen molar-refractivity contribution in [1.29, 1.82) is 0 Å². The first-order valence-corrected chi connectivity index (χ1v) is 9.00. The van der Waals surface area contributed by atoms with E-state index in [0.29, 0.717) is 6.61 Å². The van der Waals surface area contributed by atoms with Gasteiger partial charge in [0.2, 0.25) is 0 Å². The number of nitrogens with zero attached hydrogens (tertiary/aromatic N) is 5. The van der Waals surface area contributed by atoms with Crippen LogP contribution in [0.25, 0.3) is 0 Å². The lowest BCUT2D eigenvalue weighted by molar-refractivity contribution is 0.0367. The third-order valence-corrected chi connectivity index (χ3v) is 4.40. The van der Waals surface area contributed by atoms with E-state index in [-0.39, 0.29) is 6.10 Å². The van der Waals surface area contributed by atoms with Crippen LogP contribution < -0.4 is 10.2 Å². The molecule has 4 heterocycles. The zero-order valence-electron chi connectivity index (χ0n) is 15.5. The highest BCUT2D eigenvalue weighted by Crippen LogP contribution is 2.25. The molecule has 1 fully saturated rings. The van der Waals surface area contributed by atoms with Crippen molar-refractivity contribution >= 4 is 17.3 Å². The quantitative estimate of drug-likeness (QED) is 0.764. The van der Waals surface area contributed by atoms with Gasteiger partial charge in [0.1, 0.15) is 23.6 Å². The van der Waals surface area contributed by atoms with Crippen LogP contribution in [-0.2, 0) is 4.74 Å². The summed E-state index contributed by atoms with van der Waals surface area (Å²) < 4.78 is 5.95. The molecule has 1 unspecified atom stereocenters. The number of aryl methyl sites for hydroxylation is 2. The number of ether oxygens (including phenoxy) is 1. The molecule has 1 aliphatic rings. The van der Waals surface area contributed by atoms with Gasteiger partial charge in [-0.1, -0.05) is 6.07 Å². The summed E-state index contributed by atoms with van der Waals surface area (Å²) in [7, 11) is 0. The average molecular weight is 362 g/mol. The molecule has 0 spiro atoms. The van der Waals surface area contributed by atoms with Crippen LogP contribution >= 0.6 is 0 Å². The van der Waals surface area contributed by atoms with E-state index < -0.39 is 0 Å². The average Bonchev–Trinajstić information content (AvgIpc) is 2.69. The minimum Gasteiger partial charge on any atom is -0.368 e. The van der Waals surface area contributed by atoms with Crippen molar-refractivity contribution in [3.8, 4) is 0 Å². The van der Waals surface area contributed by atoms with Crippen LogP contribution in [0.15, 0.2) is 48.8 Å². The van der Waals surface area contributed by atoms with E-state index in [1.165, 1.54) is 0 Å². The van der Waals surface area contributed by atoms with E-state index >= 15 is 0 Å². The largest absolute Gasteiger partial charge is 0.368 e. The first kappa shape index (κ1) is 17.4. The van der Waals surface area contributed by atoms with Gasteiger partial charge in [-0.15, -0.1) is 0 Å². The van der Waals surface area contributed by atoms with E-state index in [9.17, 15) is 0 Å². The highest BCUT2D eigenvalue weighted by Gasteiger charge is 2.24. The Bertz CT molecular complexity index is 880. The smallest absolute Gasteiger partial charge is 0.132 e. The van der Waals surface area contributed by atoms with Crippen LogP contribution in [0.5, 0.6) is 0 Å². The van der Waals surface area contributed by atoms with Crippen molar-refractivity contribution in [2.24, 2.45) is 0 Å².